The summed E-state index contributed by atoms with van der Waals surface area (Å²) < 4.78 is 10.7. The molecular formula is C20H33O4P-2. The van der Waals surface area contributed by atoms with E-state index in [9.17, 15) is 19.5 Å². The van der Waals surface area contributed by atoms with E-state index in [1.807, 2.05) is 0 Å². The van der Waals surface area contributed by atoms with Gasteiger partial charge in [0.1, 0.15) is 0 Å². The van der Waals surface area contributed by atoms with Gasteiger partial charge in [0.15, 0.2) is 0 Å². The minimum atomic E-state index is -4.95. The maximum atomic E-state index is 10.7. The van der Waals surface area contributed by atoms with Crippen molar-refractivity contribution in [2.24, 2.45) is 0 Å². The smallest absolute Gasteiger partial charge is 0.0989 e. The van der Waals surface area contributed by atoms with Crippen LogP contribution in [-0.4, -0.2) is 11.0 Å². The molecule has 1 unspecified atom stereocenters. The van der Waals surface area contributed by atoms with Gasteiger partial charge in [0, 0.05) is 0 Å². The summed E-state index contributed by atoms with van der Waals surface area (Å²) in [4.78, 5) is 21.4. The molecule has 0 radical (unpaired) electrons. The van der Waals surface area contributed by atoms with Crippen LogP contribution in [-0.2, 0) is 4.57 Å². The second-order valence-corrected chi connectivity index (χ2v) is 8.57. The summed E-state index contributed by atoms with van der Waals surface area (Å²) in [6.07, 6.45) is 13.4. The molecule has 0 heterocycles. The van der Waals surface area contributed by atoms with Gasteiger partial charge >= 0.3 is 0 Å². The molecule has 5 heteroatoms. The van der Waals surface area contributed by atoms with Crippen LogP contribution in [0.2, 0.25) is 0 Å². The molecule has 0 aliphatic heterocycles. The zero-order chi connectivity index (χ0) is 19.5. The average molecular weight is 368 g/mol. The summed E-state index contributed by atoms with van der Waals surface area (Å²) in [5.74, 6) is -1.92. The molecule has 0 aliphatic rings. The highest BCUT2D eigenvalue weighted by atomic mass is 31.2. The van der Waals surface area contributed by atoms with Gasteiger partial charge in [0.2, 0.25) is 0 Å². The SMILES string of the molecule is CC(C)=CCC/C(C)=C/CC/C(C)=C/CC/C(C)=C/C(O)P(=O)([O-])[O-]. The lowest BCUT2D eigenvalue weighted by atomic mass is 10.0. The standard InChI is InChI=1S/C20H35O4P/c1-16(2)9-6-10-17(3)11-7-12-18(4)13-8-14-19(5)15-20(21)25(22,23)24/h9,11,13,15,20-21H,6-8,10,12,14H2,1-5H3,(H2,22,23,24)/p-2/b17-11+,18-13+,19-15+. The highest BCUT2D eigenvalue weighted by Gasteiger charge is 2.04. The molecular weight excluding hydrogens is 335 g/mol. The van der Waals surface area contributed by atoms with Crippen molar-refractivity contribution in [1.29, 1.82) is 0 Å². The Labute approximate surface area is 153 Å². The Morgan fingerprint density at radius 3 is 1.64 bits per heavy atom. The summed E-state index contributed by atoms with van der Waals surface area (Å²) in [6.45, 7) is 10.2. The Hall–Kier alpha value is -0.930. The molecule has 0 saturated carbocycles. The van der Waals surface area contributed by atoms with Crippen LogP contribution in [0.25, 0.3) is 0 Å². The lowest BCUT2D eigenvalue weighted by Crippen LogP contribution is -2.24. The van der Waals surface area contributed by atoms with E-state index in [2.05, 4.69) is 45.9 Å². The first-order valence-corrected chi connectivity index (χ1v) is 10.4. The zero-order valence-corrected chi connectivity index (χ0v) is 17.1. The van der Waals surface area contributed by atoms with Crippen molar-refractivity contribution < 1.29 is 19.5 Å². The average Bonchev–Trinajstić information content (AvgIpc) is 2.45. The van der Waals surface area contributed by atoms with Gasteiger partial charge in [-0.05, 0) is 80.7 Å². The third-order valence-electron chi connectivity index (χ3n) is 3.91. The van der Waals surface area contributed by atoms with E-state index >= 15 is 0 Å². The first kappa shape index (κ1) is 24.1. The van der Waals surface area contributed by atoms with E-state index in [1.54, 1.807) is 6.92 Å². The van der Waals surface area contributed by atoms with E-state index < -0.39 is 13.4 Å². The van der Waals surface area contributed by atoms with Gasteiger partial charge < -0.3 is 19.5 Å². The summed E-state index contributed by atoms with van der Waals surface area (Å²) in [7, 11) is -4.95. The molecule has 0 bridgehead atoms. The predicted octanol–water partition coefficient (Wildman–Crippen LogP) is 4.36. The van der Waals surface area contributed by atoms with Crippen molar-refractivity contribution in [2.45, 2.75) is 79.0 Å². The minimum Gasteiger partial charge on any atom is -0.809 e. The molecule has 1 atom stereocenters. The van der Waals surface area contributed by atoms with Gasteiger partial charge in [-0.2, -0.15) is 0 Å². The fourth-order valence-electron chi connectivity index (χ4n) is 2.31. The van der Waals surface area contributed by atoms with Gasteiger partial charge in [-0.1, -0.05) is 46.6 Å². The Morgan fingerprint density at radius 2 is 1.24 bits per heavy atom. The van der Waals surface area contributed by atoms with Crippen LogP contribution in [0.1, 0.15) is 73.1 Å². The van der Waals surface area contributed by atoms with Gasteiger partial charge in [0.05, 0.1) is 5.85 Å². The van der Waals surface area contributed by atoms with Crippen LogP contribution in [0.5, 0.6) is 0 Å². The van der Waals surface area contributed by atoms with Crippen molar-refractivity contribution in [3.05, 3.63) is 46.6 Å². The summed E-state index contributed by atoms with van der Waals surface area (Å²) in [5, 5.41) is 9.23. The number of aliphatic hydroxyl groups excluding tert-OH is 1. The molecule has 0 aromatic carbocycles. The minimum absolute atomic E-state index is 0.631. The van der Waals surface area contributed by atoms with Crippen LogP contribution in [0, 0.1) is 0 Å². The molecule has 1 N–H and O–H groups in total. The molecule has 144 valence electrons. The third-order valence-corrected chi connectivity index (χ3v) is 4.71. The highest BCUT2D eigenvalue weighted by Crippen LogP contribution is 2.31. The Morgan fingerprint density at radius 1 is 0.840 bits per heavy atom. The van der Waals surface area contributed by atoms with E-state index in [-0.39, 0.29) is 0 Å². The fourth-order valence-corrected chi connectivity index (χ4v) is 2.75. The van der Waals surface area contributed by atoms with Gasteiger partial charge in [-0.3, -0.25) is 0 Å². The van der Waals surface area contributed by atoms with E-state index in [0.29, 0.717) is 12.0 Å². The van der Waals surface area contributed by atoms with E-state index in [0.717, 1.165) is 38.2 Å². The maximum absolute atomic E-state index is 10.7. The molecule has 0 rings (SSSR count). The second kappa shape index (κ2) is 12.4. The summed E-state index contributed by atoms with van der Waals surface area (Å²) >= 11 is 0. The third kappa shape index (κ3) is 14.0. The van der Waals surface area contributed by atoms with Gasteiger partial charge in [0.25, 0.3) is 0 Å². The largest absolute Gasteiger partial charge is 0.809 e. The van der Waals surface area contributed by atoms with Gasteiger partial charge in [-0.15, -0.1) is 0 Å². The number of hydrogen-bond donors (Lipinski definition) is 1. The summed E-state index contributed by atoms with van der Waals surface area (Å²) in [6, 6.07) is 0. The lowest BCUT2D eigenvalue weighted by Gasteiger charge is -2.33. The van der Waals surface area contributed by atoms with Crippen LogP contribution in [0.15, 0.2) is 46.6 Å². The fraction of sp³-hybridized carbons (Fsp3) is 0.600. The molecule has 0 aliphatic carbocycles. The van der Waals surface area contributed by atoms with Crippen LogP contribution in [0.3, 0.4) is 0 Å². The molecule has 0 spiro atoms. The van der Waals surface area contributed by atoms with Crippen molar-refractivity contribution in [2.75, 3.05) is 0 Å². The molecule has 0 saturated heterocycles. The number of hydrogen-bond acceptors (Lipinski definition) is 4. The Bertz CT molecular complexity index is 560. The monoisotopic (exact) mass is 368 g/mol. The molecule has 25 heavy (non-hydrogen) atoms. The number of allylic oxidation sites excluding steroid dienone is 7. The molecule has 0 amide bonds. The number of rotatable bonds is 11. The molecule has 0 fully saturated rings. The van der Waals surface area contributed by atoms with Crippen LogP contribution in [0.4, 0.5) is 0 Å². The zero-order valence-electron chi connectivity index (χ0n) is 16.2. The van der Waals surface area contributed by atoms with Crippen LogP contribution >= 0.6 is 7.60 Å². The second-order valence-electron chi connectivity index (χ2n) is 6.96. The van der Waals surface area contributed by atoms with Crippen molar-refractivity contribution >= 4 is 7.60 Å². The number of aliphatic hydroxyl groups is 1. The maximum Gasteiger partial charge on any atom is 0.0989 e. The van der Waals surface area contributed by atoms with Crippen molar-refractivity contribution in [1.82, 2.24) is 0 Å². The summed E-state index contributed by atoms with van der Waals surface area (Å²) in [5.41, 5.74) is 4.77. The van der Waals surface area contributed by atoms with Crippen molar-refractivity contribution in [3.8, 4) is 0 Å². The topological polar surface area (TPSA) is 83.4 Å². The van der Waals surface area contributed by atoms with E-state index in [4.69, 9.17) is 0 Å². The molecule has 0 aromatic heterocycles. The van der Waals surface area contributed by atoms with Crippen LogP contribution < -0.4 is 9.79 Å². The normalized spacial score (nSPS) is 15.3. The first-order valence-electron chi connectivity index (χ1n) is 8.84. The first-order chi connectivity index (χ1) is 11.5. The quantitative estimate of drug-likeness (QED) is 0.434. The Balaban J connectivity index is 4.20. The lowest BCUT2D eigenvalue weighted by molar-refractivity contribution is -0.320. The molecule has 0 aromatic rings. The van der Waals surface area contributed by atoms with Crippen molar-refractivity contribution in [3.63, 3.8) is 0 Å². The van der Waals surface area contributed by atoms with E-state index in [1.165, 1.54) is 16.7 Å². The predicted molar refractivity (Wildman–Crippen MR) is 102 cm³/mol. The van der Waals surface area contributed by atoms with Gasteiger partial charge in [-0.25, -0.2) is 0 Å². The molecule has 4 nitrogen and oxygen atoms in total. The highest BCUT2D eigenvalue weighted by molar-refractivity contribution is 7.49. The Kier molecular flexibility index (Phi) is 12.0.